The number of carbonyl (C=O) groups excluding carboxylic acids is 1. The Labute approximate surface area is 152 Å². The number of para-hydroxylation sites is 2. The van der Waals surface area contributed by atoms with Gasteiger partial charge in [0, 0.05) is 0 Å². The SMILES string of the molecule is O=C(C[NH+]1CCN(c2ccccc2O)CC1)N[C@@H]1CS(=O)(=O)C[C@H]1Cl. The predicted octanol–water partition coefficient (Wildman–Crippen LogP) is -1.38. The van der Waals surface area contributed by atoms with E-state index in [9.17, 15) is 18.3 Å². The van der Waals surface area contributed by atoms with E-state index in [0.29, 0.717) is 6.54 Å². The van der Waals surface area contributed by atoms with Crippen LogP contribution in [0.1, 0.15) is 0 Å². The van der Waals surface area contributed by atoms with Crippen molar-refractivity contribution in [1.29, 1.82) is 0 Å². The Kier molecular flexibility index (Phi) is 5.41. The lowest BCUT2D eigenvalue weighted by Gasteiger charge is -2.33. The van der Waals surface area contributed by atoms with Crippen molar-refractivity contribution in [3.63, 3.8) is 0 Å². The summed E-state index contributed by atoms with van der Waals surface area (Å²) in [5.74, 6) is -0.0624. The molecule has 2 atom stereocenters. The van der Waals surface area contributed by atoms with Gasteiger partial charge in [0.1, 0.15) is 5.75 Å². The number of sulfone groups is 1. The molecule has 3 N–H and O–H groups in total. The molecule has 9 heteroatoms. The molecule has 1 aromatic carbocycles. The van der Waals surface area contributed by atoms with Crippen LogP contribution in [0.3, 0.4) is 0 Å². The topological polar surface area (TPSA) is 91.2 Å². The summed E-state index contributed by atoms with van der Waals surface area (Å²) in [5.41, 5.74) is 0.812. The number of phenolic OH excluding ortho intramolecular Hbond substituents is 1. The molecule has 1 amide bonds. The highest BCUT2D eigenvalue weighted by Gasteiger charge is 2.37. The number of aromatic hydroxyl groups is 1. The first-order valence-electron chi connectivity index (χ1n) is 8.34. The molecule has 7 nitrogen and oxygen atoms in total. The Hall–Kier alpha value is -1.51. The van der Waals surface area contributed by atoms with Gasteiger partial charge >= 0.3 is 0 Å². The lowest BCUT2D eigenvalue weighted by molar-refractivity contribution is -0.892. The number of carbonyl (C=O) groups is 1. The van der Waals surface area contributed by atoms with Gasteiger partial charge in [-0.25, -0.2) is 8.42 Å². The van der Waals surface area contributed by atoms with Crippen molar-refractivity contribution in [3.05, 3.63) is 24.3 Å². The predicted molar refractivity (Wildman–Crippen MR) is 96.1 cm³/mol. The normalized spacial score (nSPS) is 26.5. The number of hydrogen-bond donors (Lipinski definition) is 3. The summed E-state index contributed by atoms with van der Waals surface area (Å²) >= 11 is 6.02. The molecule has 25 heavy (non-hydrogen) atoms. The van der Waals surface area contributed by atoms with Gasteiger partial charge in [0.2, 0.25) is 0 Å². The van der Waals surface area contributed by atoms with Gasteiger partial charge in [-0.05, 0) is 12.1 Å². The van der Waals surface area contributed by atoms with Gasteiger partial charge in [-0.15, -0.1) is 11.6 Å². The smallest absolute Gasteiger partial charge is 0.275 e. The molecule has 0 spiro atoms. The van der Waals surface area contributed by atoms with Crippen LogP contribution in [0.2, 0.25) is 0 Å². The van der Waals surface area contributed by atoms with Crippen molar-refractivity contribution >= 4 is 33.0 Å². The van der Waals surface area contributed by atoms with Crippen LogP contribution in [0.4, 0.5) is 5.69 Å². The molecular weight excluding hydrogens is 366 g/mol. The minimum Gasteiger partial charge on any atom is -0.506 e. The molecular formula is C16H23ClN3O4S+. The fraction of sp³-hybridized carbons (Fsp3) is 0.562. The summed E-state index contributed by atoms with van der Waals surface area (Å²) in [6.07, 6.45) is 0. The van der Waals surface area contributed by atoms with E-state index in [1.54, 1.807) is 12.1 Å². The Balaban J connectivity index is 1.48. The Bertz CT molecular complexity index is 735. The first-order valence-corrected chi connectivity index (χ1v) is 10.6. The zero-order chi connectivity index (χ0) is 18.0. The second-order valence-electron chi connectivity index (χ2n) is 6.67. The zero-order valence-corrected chi connectivity index (χ0v) is 15.4. The third-order valence-electron chi connectivity index (χ3n) is 4.73. The quantitative estimate of drug-likeness (QED) is 0.553. The van der Waals surface area contributed by atoms with Gasteiger partial charge in [-0.2, -0.15) is 0 Å². The number of rotatable bonds is 4. The number of piperazine rings is 1. The molecule has 1 aromatic rings. The summed E-state index contributed by atoms with van der Waals surface area (Å²) in [6.45, 7) is 3.34. The highest BCUT2D eigenvalue weighted by molar-refractivity contribution is 7.91. The van der Waals surface area contributed by atoms with E-state index in [2.05, 4.69) is 10.2 Å². The molecule has 0 unspecified atom stereocenters. The Morgan fingerprint density at radius 1 is 1.28 bits per heavy atom. The highest BCUT2D eigenvalue weighted by atomic mass is 35.5. The monoisotopic (exact) mass is 388 g/mol. The third-order valence-corrected chi connectivity index (χ3v) is 7.11. The fourth-order valence-electron chi connectivity index (χ4n) is 3.39. The molecule has 2 aliphatic rings. The summed E-state index contributed by atoms with van der Waals surface area (Å²) < 4.78 is 23.1. The van der Waals surface area contributed by atoms with Crippen LogP contribution >= 0.6 is 11.6 Å². The van der Waals surface area contributed by atoms with Crippen molar-refractivity contribution in [3.8, 4) is 5.75 Å². The maximum atomic E-state index is 12.2. The summed E-state index contributed by atoms with van der Waals surface area (Å²) in [4.78, 5) is 15.4. The van der Waals surface area contributed by atoms with Crippen molar-refractivity contribution in [1.82, 2.24) is 5.32 Å². The average molecular weight is 389 g/mol. The Morgan fingerprint density at radius 2 is 1.96 bits per heavy atom. The van der Waals surface area contributed by atoms with E-state index < -0.39 is 21.3 Å². The van der Waals surface area contributed by atoms with Gasteiger partial charge in [0.15, 0.2) is 16.4 Å². The number of alkyl halides is 1. The molecule has 138 valence electrons. The molecule has 2 heterocycles. The van der Waals surface area contributed by atoms with E-state index in [-0.39, 0.29) is 23.2 Å². The summed E-state index contributed by atoms with van der Waals surface area (Å²) in [5, 5.41) is 12.1. The summed E-state index contributed by atoms with van der Waals surface area (Å²) in [6, 6.07) is 6.73. The lowest BCUT2D eigenvalue weighted by atomic mass is 10.2. The van der Waals surface area contributed by atoms with Crippen LogP contribution in [0.5, 0.6) is 5.75 Å². The van der Waals surface area contributed by atoms with Gasteiger partial charge in [-0.3, -0.25) is 4.79 Å². The number of nitrogens with one attached hydrogen (secondary N) is 2. The van der Waals surface area contributed by atoms with Crippen molar-refractivity contribution in [2.75, 3.05) is 49.1 Å². The standard InChI is InChI=1S/C16H22ClN3O4S/c17-12-10-25(23,24)11-13(12)18-16(22)9-19-5-7-20(8-6-19)14-3-1-2-4-15(14)21/h1-4,12-13,21H,5-11H2,(H,18,22)/p+1/t12-,13-/m1/s1. The molecule has 0 aliphatic carbocycles. The zero-order valence-electron chi connectivity index (χ0n) is 13.8. The molecule has 0 saturated carbocycles. The van der Waals surface area contributed by atoms with Gasteiger partial charge < -0.3 is 20.2 Å². The van der Waals surface area contributed by atoms with Gasteiger partial charge in [0.25, 0.3) is 5.91 Å². The number of benzene rings is 1. The molecule has 3 rings (SSSR count). The number of amides is 1. The van der Waals surface area contributed by atoms with E-state index in [1.165, 1.54) is 0 Å². The second kappa shape index (κ2) is 7.39. The van der Waals surface area contributed by atoms with E-state index in [0.717, 1.165) is 36.8 Å². The number of halogens is 1. The maximum Gasteiger partial charge on any atom is 0.275 e. The van der Waals surface area contributed by atoms with E-state index in [1.807, 2.05) is 12.1 Å². The van der Waals surface area contributed by atoms with Crippen LogP contribution < -0.4 is 15.1 Å². The molecule has 0 bridgehead atoms. The second-order valence-corrected chi connectivity index (χ2v) is 9.38. The third kappa shape index (κ3) is 4.56. The highest BCUT2D eigenvalue weighted by Crippen LogP contribution is 2.25. The summed E-state index contributed by atoms with van der Waals surface area (Å²) in [7, 11) is -3.15. The average Bonchev–Trinajstić information content (AvgIpc) is 2.80. The first-order chi connectivity index (χ1) is 11.8. The van der Waals surface area contributed by atoms with Gasteiger partial charge in [0.05, 0.1) is 54.8 Å². The van der Waals surface area contributed by atoms with Crippen LogP contribution in [-0.2, 0) is 14.6 Å². The lowest BCUT2D eigenvalue weighted by Crippen LogP contribution is -3.16. The van der Waals surface area contributed by atoms with Crippen molar-refractivity contribution in [2.24, 2.45) is 0 Å². The minimum absolute atomic E-state index is 0.0778. The largest absolute Gasteiger partial charge is 0.506 e. The maximum absolute atomic E-state index is 12.2. The van der Waals surface area contributed by atoms with E-state index >= 15 is 0 Å². The van der Waals surface area contributed by atoms with Crippen LogP contribution in [0.15, 0.2) is 24.3 Å². The molecule has 2 fully saturated rings. The number of anilines is 1. The molecule has 2 aliphatic heterocycles. The van der Waals surface area contributed by atoms with Crippen molar-refractivity contribution in [2.45, 2.75) is 11.4 Å². The fourth-order valence-corrected chi connectivity index (χ4v) is 5.94. The van der Waals surface area contributed by atoms with Crippen LogP contribution in [0.25, 0.3) is 0 Å². The Morgan fingerprint density at radius 3 is 2.56 bits per heavy atom. The minimum atomic E-state index is -3.15. The van der Waals surface area contributed by atoms with Crippen LogP contribution in [-0.4, -0.2) is 75.1 Å². The number of hydrogen-bond acceptors (Lipinski definition) is 5. The first kappa shape index (κ1) is 18.3. The molecule has 2 saturated heterocycles. The number of quaternary nitrogens is 1. The number of nitrogens with zero attached hydrogens (tertiary/aromatic N) is 1. The molecule has 0 aromatic heterocycles. The van der Waals surface area contributed by atoms with Gasteiger partial charge in [-0.1, -0.05) is 12.1 Å². The molecule has 0 radical (unpaired) electrons. The van der Waals surface area contributed by atoms with Crippen molar-refractivity contribution < 1.29 is 23.2 Å². The van der Waals surface area contributed by atoms with E-state index in [4.69, 9.17) is 11.6 Å². The number of phenols is 1. The van der Waals surface area contributed by atoms with Crippen LogP contribution in [0, 0.1) is 0 Å².